The Balaban J connectivity index is 0.00000676. The van der Waals surface area contributed by atoms with E-state index in [1.165, 1.54) is 54.9 Å². The predicted octanol–water partition coefficient (Wildman–Crippen LogP) is 8.99. The lowest BCUT2D eigenvalue weighted by molar-refractivity contribution is -0.377. The number of piperidine rings is 3. The molecule has 0 spiro atoms. The second kappa shape index (κ2) is 23.0. The third-order valence-corrected chi connectivity index (χ3v) is 16.9. The van der Waals surface area contributed by atoms with Crippen molar-refractivity contribution in [1.82, 2.24) is 9.21 Å². The van der Waals surface area contributed by atoms with Crippen molar-refractivity contribution < 1.29 is 65.7 Å². The number of aromatic nitrogens is 1. The first-order valence-corrected chi connectivity index (χ1v) is 26.3. The van der Waals surface area contributed by atoms with Crippen LogP contribution in [0.4, 0.5) is 8.78 Å². The van der Waals surface area contributed by atoms with Crippen molar-refractivity contribution in [3.05, 3.63) is 147 Å². The molecule has 376 valence electrons. The van der Waals surface area contributed by atoms with Crippen LogP contribution >= 0.6 is 35.0 Å². The summed E-state index contributed by atoms with van der Waals surface area (Å²) < 4.78 is 85.3. The first-order valence-electron chi connectivity index (χ1n) is 23.1. The summed E-state index contributed by atoms with van der Waals surface area (Å²) in [5, 5.41) is -0.886. The average Bonchev–Trinajstić information content (AvgIpc) is 4.05. The van der Waals surface area contributed by atoms with Crippen molar-refractivity contribution in [2.45, 2.75) is 73.5 Å². The van der Waals surface area contributed by atoms with E-state index >= 15 is 0 Å². The van der Waals surface area contributed by atoms with Gasteiger partial charge in [0.05, 0.1) is 23.5 Å². The monoisotopic (exact) mass is 1050 g/mol. The lowest BCUT2D eigenvalue weighted by Crippen LogP contribution is -2.52. The molecular formula is C51H51Cl2F2N3O11S2. The number of carbonyl (C=O) groups is 3. The number of carbonyl (C=O) groups excluding carboxylic acids is 3. The van der Waals surface area contributed by atoms with Crippen LogP contribution in [0.1, 0.15) is 76.7 Å². The van der Waals surface area contributed by atoms with Gasteiger partial charge in [-0.25, -0.2) is 23.0 Å². The smallest absolute Gasteiger partial charge is 0.387 e. The van der Waals surface area contributed by atoms with Crippen molar-refractivity contribution in [1.29, 1.82) is 0 Å². The molecule has 1 saturated carbocycles. The Hall–Kier alpha value is -5.34. The highest BCUT2D eigenvalue weighted by molar-refractivity contribution is 8.02. The Labute approximate surface area is 424 Å². The van der Waals surface area contributed by atoms with E-state index in [9.17, 15) is 31.6 Å². The number of nitrogens with one attached hydrogen (secondary N) is 1. The van der Waals surface area contributed by atoms with Crippen molar-refractivity contribution in [3.63, 3.8) is 0 Å². The Morgan fingerprint density at radius 2 is 1.55 bits per heavy atom. The van der Waals surface area contributed by atoms with Gasteiger partial charge in [-0.3, -0.25) is 9.69 Å². The molecule has 4 atom stereocenters. The number of nitrogens with zero attached hydrogens (tertiary/aromatic N) is 2. The maximum atomic E-state index is 14.4. The molecule has 2 bridgehead atoms. The van der Waals surface area contributed by atoms with Crippen LogP contribution in [-0.2, 0) is 35.5 Å². The quantitative estimate of drug-likeness (QED) is 0.0565. The number of benzene rings is 4. The zero-order chi connectivity index (χ0) is 48.9. The molecule has 0 radical (unpaired) electrons. The number of thioether (sulfide) groups is 1. The molecule has 4 aromatic carbocycles. The summed E-state index contributed by atoms with van der Waals surface area (Å²) in [6, 6.07) is 26.0. The molecule has 2 N–H and O–H groups in total. The van der Waals surface area contributed by atoms with Crippen LogP contribution in [0.3, 0.4) is 0 Å². The third kappa shape index (κ3) is 12.7. The fourth-order valence-corrected chi connectivity index (χ4v) is 12.7. The molecule has 5 aliphatic rings. The fourth-order valence-electron chi connectivity index (χ4n) is 9.11. The lowest BCUT2D eigenvalue weighted by Gasteiger charge is -2.44. The highest BCUT2D eigenvalue weighted by Crippen LogP contribution is 2.40. The number of fused-ring (bicyclic) bond motifs is 3. The van der Waals surface area contributed by atoms with Gasteiger partial charge in [0.15, 0.2) is 29.3 Å². The van der Waals surface area contributed by atoms with Gasteiger partial charge in [0.2, 0.25) is 10.0 Å². The SMILES string of the molecule is O=C(C[C@@H](c1ccccc1)c1cccc(OC(=O)c2cccc(S(=O)(=O)N3CCS[C@H]3C(=O)O[C@@H](Cc3c(Cl)c[nH+]cc3Cl)c3ccc(OC(F)F)c(OCC4CC4)c3)c2)c1)O[C@H]1CN2CCC1CC2.[OH-]. The number of H-pyrrole nitrogens is 1. The van der Waals surface area contributed by atoms with Gasteiger partial charge in [-0.2, -0.15) is 13.1 Å². The van der Waals surface area contributed by atoms with E-state index in [-0.39, 0.29) is 93.0 Å². The highest BCUT2D eigenvalue weighted by Gasteiger charge is 2.43. The molecule has 0 unspecified atom stereocenters. The standard InChI is InChI=1S/C51H49Cl2F2N3O10S2.H2O/c52-41-27-56-28-42(53)40(41)25-44(35-14-15-43(68-51(54)55)45(24-35)64-30-31-12-13-31)67-50(61)48-58(20-21-69-48)70(62,63)38-11-5-9-36(23-38)49(60)65-37-10-4-8-34(22-37)39(32-6-2-1-3-7-32)26-47(59)66-46-29-57-18-16-33(46)17-19-57;/h1-11,14-15,22-24,27-28,31,33,39,44,46,48,51H,12-13,16-21,25-26,29-30H2;1H2/t39-,44-,46-,48-;/m0./s1. The zero-order valence-corrected chi connectivity index (χ0v) is 41.3. The first-order chi connectivity index (χ1) is 33.8. The molecule has 71 heavy (non-hydrogen) atoms. The third-order valence-electron chi connectivity index (χ3n) is 13.0. The van der Waals surface area contributed by atoms with Gasteiger partial charge in [0, 0.05) is 36.7 Å². The number of esters is 3. The molecule has 4 aliphatic heterocycles. The van der Waals surface area contributed by atoms with Gasteiger partial charge in [0.1, 0.15) is 28.0 Å². The second-order valence-corrected chi connectivity index (χ2v) is 21.7. The van der Waals surface area contributed by atoms with Crippen LogP contribution in [0.2, 0.25) is 10.0 Å². The number of sulfonamides is 1. The van der Waals surface area contributed by atoms with Crippen molar-refractivity contribution in [2.75, 3.05) is 38.5 Å². The number of hydrogen-bond acceptors (Lipinski definition) is 13. The predicted molar refractivity (Wildman–Crippen MR) is 259 cm³/mol. The first kappa shape index (κ1) is 52.0. The Morgan fingerprint density at radius 1 is 0.817 bits per heavy atom. The van der Waals surface area contributed by atoms with Crippen molar-refractivity contribution in [2.24, 2.45) is 11.8 Å². The topological polar surface area (TPSA) is 182 Å². The molecule has 0 amide bonds. The Kier molecular flexibility index (Phi) is 16.9. The van der Waals surface area contributed by atoms with Crippen LogP contribution in [0.25, 0.3) is 0 Å². The number of aromatic amines is 1. The lowest BCUT2D eigenvalue weighted by atomic mass is 9.85. The Morgan fingerprint density at radius 3 is 2.25 bits per heavy atom. The number of ether oxygens (including phenoxy) is 5. The minimum absolute atomic E-state index is 0. The number of halogens is 4. The molecular weight excluding hydrogens is 1000 g/mol. The number of pyridine rings is 1. The van der Waals surface area contributed by atoms with Crippen LogP contribution in [0.15, 0.2) is 114 Å². The van der Waals surface area contributed by atoms with Gasteiger partial charge in [-0.05, 0) is 110 Å². The highest BCUT2D eigenvalue weighted by atomic mass is 35.5. The summed E-state index contributed by atoms with van der Waals surface area (Å²) in [5.41, 5.74) is 2.27. The van der Waals surface area contributed by atoms with Gasteiger partial charge in [-0.1, -0.05) is 77.8 Å². The molecule has 20 heteroatoms. The molecule has 5 heterocycles. The average molecular weight is 1060 g/mol. The van der Waals surface area contributed by atoms with Crippen LogP contribution in [0.5, 0.6) is 17.2 Å². The summed E-state index contributed by atoms with van der Waals surface area (Å²) in [7, 11) is -4.44. The normalized spacial score (nSPS) is 20.6. The molecule has 1 aromatic heterocycles. The van der Waals surface area contributed by atoms with Gasteiger partial charge in [-0.15, -0.1) is 11.8 Å². The van der Waals surface area contributed by atoms with Gasteiger partial charge >= 0.3 is 24.5 Å². The molecule has 10 rings (SSSR count). The maximum absolute atomic E-state index is 14.4. The van der Waals surface area contributed by atoms with Gasteiger partial charge in [0.25, 0.3) is 0 Å². The second-order valence-electron chi connectivity index (χ2n) is 17.8. The van der Waals surface area contributed by atoms with Crippen LogP contribution in [0, 0.1) is 11.8 Å². The largest absolute Gasteiger partial charge is 0.870 e. The summed E-state index contributed by atoms with van der Waals surface area (Å²) >= 11 is 14.1. The number of hydrogen-bond donors (Lipinski definition) is 0. The summed E-state index contributed by atoms with van der Waals surface area (Å²) in [6.07, 6.45) is 5.59. The minimum Gasteiger partial charge on any atom is -0.870 e. The number of alkyl halides is 2. The summed E-state index contributed by atoms with van der Waals surface area (Å²) in [6.45, 7) is -0.119. The van der Waals surface area contributed by atoms with E-state index in [0.29, 0.717) is 17.0 Å². The fraction of sp³-hybridized carbons (Fsp3) is 0.373. The summed E-state index contributed by atoms with van der Waals surface area (Å²) in [4.78, 5) is 46.4. The van der Waals surface area contributed by atoms with E-state index < -0.39 is 46.0 Å². The van der Waals surface area contributed by atoms with Crippen LogP contribution < -0.4 is 19.2 Å². The minimum atomic E-state index is -4.44. The Bertz CT molecular complexity index is 2800. The molecule has 5 fully saturated rings. The number of rotatable bonds is 19. The summed E-state index contributed by atoms with van der Waals surface area (Å²) in [5.74, 6) is -1.58. The van der Waals surface area contributed by atoms with E-state index in [1.54, 1.807) is 18.2 Å². The van der Waals surface area contributed by atoms with Crippen molar-refractivity contribution in [3.8, 4) is 17.2 Å². The molecule has 5 aromatic rings. The molecule has 14 nitrogen and oxygen atoms in total. The van der Waals surface area contributed by atoms with E-state index in [2.05, 4.69) is 9.88 Å². The maximum Gasteiger partial charge on any atom is 0.387 e. The van der Waals surface area contributed by atoms with E-state index in [0.717, 1.165) is 72.5 Å². The van der Waals surface area contributed by atoms with Crippen molar-refractivity contribution >= 4 is 62.9 Å². The van der Waals surface area contributed by atoms with E-state index in [1.807, 2.05) is 36.4 Å². The van der Waals surface area contributed by atoms with E-state index in [4.69, 9.17) is 46.9 Å². The zero-order valence-electron chi connectivity index (χ0n) is 38.2. The molecule has 1 aliphatic carbocycles. The van der Waals surface area contributed by atoms with Crippen LogP contribution in [-0.4, -0.2) is 97.6 Å². The van der Waals surface area contributed by atoms with Gasteiger partial charge < -0.3 is 29.2 Å². The molecule has 4 saturated heterocycles.